The molecular weight excluding hydrogens is 426 g/mol. The number of nitrogens with two attached hydrogens (primary N) is 1. The molecular formula is C24H24ClN5O2. The zero-order valence-corrected chi connectivity index (χ0v) is 18.8. The summed E-state index contributed by atoms with van der Waals surface area (Å²) in [5.74, 6) is 8.16. The van der Waals surface area contributed by atoms with E-state index in [1.54, 1.807) is 6.20 Å². The number of halogens is 1. The molecule has 4 heterocycles. The number of anilines is 3. The molecule has 5 rings (SSSR count). The quantitative estimate of drug-likeness (QED) is 0.581. The summed E-state index contributed by atoms with van der Waals surface area (Å²) in [5, 5.41) is 4.55. The van der Waals surface area contributed by atoms with Crippen LogP contribution in [0, 0.1) is 18.8 Å². The van der Waals surface area contributed by atoms with Gasteiger partial charge in [-0.2, -0.15) is 4.98 Å². The zero-order valence-electron chi connectivity index (χ0n) is 18.1. The van der Waals surface area contributed by atoms with E-state index in [9.17, 15) is 0 Å². The fourth-order valence-electron chi connectivity index (χ4n) is 4.55. The van der Waals surface area contributed by atoms with Crippen molar-refractivity contribution in [3.8, 4) is 11.8 Å². The predicted molar refractivity (Wildman–Crippen MR) is 123 cm³/mol. The molecule has 0 aliphatic carbocycles. The van der Waals surface area contributed by atoms with Gasteiger partial charge in [-0.25, -0.2) is 4.98 Å². The molecule has 2 aliphatic rings. The van der Waals surface area contributed by atoms with Crippen LogP contribution in [0.2, 0.25) is 5.02 Å². The van der Waals surface area contributed by atoms with Crippen molar-refractivity contribution in [1.29, 1.82) is 0 Å². The third kappa shape index (κ3) is 3.70. The number of aryl methyl sites for hydroxylation is 1. The molecule has 0 bridgehead atoms. The maximum absolute atomic E-state index is 6.49. The second kappa shape index (κ2) is 8.12. The minimum atomic E-state index is -0.0326. The van der Waals surface area contributed by atoms with Gasteiger partial charge >= 0.3 is 0 Å². The molecule has 1 aromatic carbocycles. The Morgan fingerprint density at radius 1 is 1.25 bits per heavy atom. The summed E-state index contributed by atoms with van der Waals surface area (Å²) < 4.78 is 10.8. The average molecular weight is 450 g/mol. The number of hydrogen-bond acceptors (Lipinski definition) is 7. The van der Waals surface area contributed by atoms with E-state index in [0.717, 1.165) is 55.3 Å². The molecule has 1 atom stereocenters. The van der Waals surface area contributed by atoms with Crippen LogP contribution in [0.25, 0.3) is 0 Å². The van der Waals surface area contributed by atoms with Gasteiger partial charge in [-0.15, -0.1) is 0 Å². The standard InChI is InChI=1S/C24H24ClN5O2/c1-15(20-11-16(2)32-29-20)3-4-17-5-6-18-21(12-17)30(14-24(18)7-9-31-10-8-24)22-19(25)13-27-23(26)28-22/h5-6,11-13,15H,7-10,14H2,1-2H3,(H2,26,27,28). The number of ether oxygens (including phenoxy) is 1. The molecule has 7 nitrogen and oxygen atoms in total. The molecule has 2 aromatic heterocycles. The SMILES string of the molecule is Cc1cc(C(C)C#Cc2ccc3c(c2)N(c2nc(N)ncc2Cl)CC32CCOCC2)no1. The van der Waals surface area contributed by atoms with Crippen LogP contribution in [0.4, 0.5) is 17.5 Å². The van der Waals surface area contributed by atoms with Gasteiger partial charge in [-0.05, 0) is 44.4 Å². The van der Waals surface area contributed by atoms with E-state index >= 15 is 0 Å². The normalized spacial score (nSPS) is 17.7. The van der Waals surface area contributed by atoms with Crippen molar-refractivity contribution < 1.29 is 9.26 Å². The topological polar surface area (TPSA) is 90.3 Å². The van der Waals surface area contributed by atoms with E-state index < -0.39 is 0 Å². The molecule has 3 aromatic rings. The van der Waals surface area contributed by atoms with E-state index in [1.807, 2.05) is 19.9 Å². The van der Waals surface area contributed by atoms with Crippen LogP contribution in [0.5, 0.6) is 0 Å². The lowest BCUT2D eigenvalue weighted by Crippen LogP contribution is -2.37. The second-order valence-corrected chi connectivity index (χ2v) is 8.87. The minimum Gasteiger partial charge on any atom is -0.381 e. The van der Waals surface area contributed by atoms with Crippen molar-refractivity contribution in [2.24, 2.45) is 0 Å². The van der Waals surface area contributed by atoms with Crippen LogP contribution in [-0.4, -0.2) is 34.9 Å². The summed E-state index contributed by atoms with van der Waals surface area (Å²) in [4.78, 5) is 10.6. The van der Waals surface area contributed by atoms with Gasteiger partial charge in [0.1, 0.15) is 10.8 Å². The third-order valence-electron chi connectivity index (χ3n) is 6.29. The number of aromatic nitrogens is 3. The fraction of sp³-hybridized carbons (Fsp3) is 0.375. The molecule has 1 fully saturated rings. The summed E-state index contributed by atoms with van der Waals surface area (Å²) in [5.41, 5.74) is 9.97. The first-order valence-corrected chi connectivity index (χ1v) is 11.1. The van der Waals surface area contributed by atoms with Crippen LogP contribution >= 0.6 is 11.6 Å². The number of rotatable bonds is 2. The van der Waals surface area contributed by atoms with Crippen LogP contribution in [-0.2, 0) is 10.2 Å². The van der Waals surface area contributed by atoms with Gasteiger partial charge in [0.05, 0.1) is 17.8 Å². The van der Waals surface area contributed by atoms with E-state index in [-0.39, 0.29) is 17.3 Å². The van der Waals surface area contributed by atoms with Gasteiger partial charge in [0.15, 0.2) is 5.82 Å². The van der Waals surface area contributed by atoms with Crippen LogP contribution in [0.3, 0.4) is 0 Å². The van der Waals surface area contributed by atoms with Crippen molar-refractivity contribution in [2.75, 3.05) is 30.4 Å². The van der Waals surface area contributed by atoms with Gasteiger partial charge in [-0.3, -0.25) is 0 Å². The van der Waals surface area contributed by atoms with Crippen molar-refractivity contribution in [3.63, 3.8) is 0 Å². The van der Waals surface area contributed by atoms with Crippen molar-refractivity contribution >= 4 is 29.1 Å². The molecule has 0 amide bonds. The monoisotopic (exact) mass is 449 g/mol. The second-order valence-electron chi connectivity index (χ2n) is 8.46. The summed E-state index contributed by atoms with van der Waals surface area (Å²) in [6.07, 6.45) is 3.45. The van der Waals surface area contributed by atoms with E-state index in [2.05, 4.69) is 50.1 Å². The van der Waals surface area contributed by atoms with Gasteiger partial charge in [0.2, 0.25) is 5.95 Å². The Balaban J connectivity index is 1.55. The highest BCUT2D eigenvalue weighted by atomic mass is 35.5. The van der Waals surface area contributed by atoms with Crippen LogP contribution < -0.4 is 10.6 Å². The fourth-order valence-corrected chi connectivity index (χ4v) is 4.74. The van der Waals surface area contributed by atoms with Gasteiger partial charge in [0.25, 0.3) is 0 Å². The van der Waals surface area contributed by atoms with E-state index in [4.69, 9.17) is 26.6 Å². The molecule has 164 valence electrons. The molecule has 32 heavy (non-hydrogen) atoms. The Bertz CT molecular complexity index is 1220. The number of nitrogens with zero attached hydrogens (tertiary/aromatic N) is 4. The van der Waals surface area contributed by atoms with Gasteiger partial charge in [-0.1, -0.05) is 34.7 Å². The Morgan fingerprint density at radius 3 is 2.81 bits per heavy atom. The molecule has 8 heteroatoms. The van der Waals surface area contributed by atoms with Gasteiger partial charge in [0, 0.05) is 42.5 Å². The number of hydrogen-bond donors (Lipinski definition) is 1. The van der Waals surface area contributed by atoms with Crippen LogP contribution in [0.15, 0.2) is 35.0 Å². The zero-order chi connectivity index (χ0) is 22.3. The highest BCUT2D eigenvalue weighted by Gasteiger charge is 2.45. The van der Waals surface area contributed by atoms with Gasteiger partial charge < -0.3 is 19.9 Å². The molecule has 1 unspecified atom stereocenters. The molecule has 2 aliphatic heterocycles. The first-order chi connectivity index (χ1) is 15.4. The van der Waals surface area contributed by atoms with Crippen LogP contribution in [0.1, 0.15) is 48.3 Å². The maximum Gasteiger partial charge on any atom is 0.222 e. The highest BCUT2D eigenvalue weighted by molar-refractivity contribution is 6.33. The summed E-state index contributed by atoms with van der Waals surface area (Å²) in [6.45, 7) is 6.15. The lowest BCUT2D eigenvalue weighted by molar-refractivity contribution is 0.0558. The Kier molecular flexibility index (Phi) is 5.28. The number of benzene rings is 1. The summed E-state index contributed by atoms with van der Waals surface area (Å²) in [7, 11) is 0. The first-order valence-electron chi connectivity index (χ1n) is 10.7. The maximum atomic E-state index is 6.49. The number of fused-ring (bicyclic) bond motifs is 2. The lowest BCUT2D eigenvalue weighted by Gasteiger charge is -2.34. The smallest absolute Gasteiger partial charge is 0.222 e. The molecule has 0 saturated carbocycles. The largest absolute Gasteiger partial charge is 0.381 e. The average Bonchev–Trinajstić information content (AvgIpc) is 3.36. The Labute approximate surface area is 191 Å². The number of nitrogen functional groups attached to an aromatic ring is 1. The molecule has 2 N–H and O–H groups in total. The first kappa shape index (κ1) is 20.8. The Morgan fingerprint density at radius 2 is 2.06 bits per heavy atom. The summed E-state index contributed by atoms with van der Waals surface area (Å²) >= 11 is 6.49. The molecule has 0 radical (unpaired) electrons. The highest BCUT2D eigenvalue weighted by Crippen LogP contribution is 2.50. The molecule has 1 spiro atoms. The Hall–Kier alpha value is -3.08. The lowest BCUT2D eigenvalue weighted by atomic mass is 9.76. The van der Waals surface area contributed by atoms with Crippen molar-refractivity contribution in [2.45, 2.75) is 38.0 Å². The van der Waals surface area contributed by atoms with E-state index in [1.165, 1.54) is 5.56 Å². The van der Waals surface area contributed by atoms with E-state index in [0.29, 0.717) is 10.8 Å². The minimum absolute atomic E-state index is 0.00584. The third-order valence-corrected chi connectivity index (χ3v) is 6.56. The van der Waals surface area contributed by atoms with Crippen molar-refractivity contribution in [3.05, 3.63) is 58.1 Å². The summed E-state index contributed by atoms with van der Waals surface area (Å²) in [6, 6.07) is 8.30. The van der Waals surface area contributed by atoms with Crippen molar-refractivity contribution in [1.82, 2.24) is 15.1 Å². The molecule has 1 saturated heterocycles. The predicted octanol–water partition coefficient (Wildman–Crippen LogP) is 4.36.